The van der Waals surface area contributed by atoms with Crippen molar-refractivity contribution in [3.05, 3.63) is 65.2 Å². The topological polar surface area (TPSA) is 187 Å². The number of carbonyl (C=O) groups excluding carboxylic acids is 7. The highest BCUT2D eigenvalue weighted by molar-refractivity contribution is 6.30. The minimum absolute atomic E-state index is 0.0448. The van der Waals surface area contributed by atoms with Gasteiger partial charge in [0.1, 0.15) is 42.4 Å². The van der Waals surface area contributed by atoms with Crippen LogP contribution in [0.1, 0.15) is 64.9 Å². The maximum absolute atomic E-state index is 14.7. The van der Waals surface area contributed by atoms with Gasteiger partial charge in [-0.25, -0.2) is 9.59 Å². The summed E-state index contributed by atoms with van der Waals surface area (Å²) < 4.78 is 5.94. The summed E-state index contributed by atoms with van der Waals surface area (Å²) in [7, 11) is 0. The molecule has 0 bridgehead atoms. The number of fused-ring (bicyclic) bond motifs is 3. The zero-order chi connectivity index (χ0) is 40.1. The monoisotopic (exact) mass is 791 g/mol. The van der Waals surface area contributed by atoms with E-state index < -0.39 is 83.9 Å². The number of hydrogen-bond acceptors (Lipinski definition) is 8. The molecule has 0 radical (unpaired) electrons. The molecule has 4 heterocycles. The fraction of sp³-hybridized carbons (Fsp3) is 0.525. The highest BCUT2D eigenvalue weighted by Gasteiger charge is 2.47. The first kappa shape index (κ1) is 40.5. The molecule has 8 atom stereocenters. The molecule has 16 heteroatoms. The quantitative estimate of drug-likeness (QED) is 0.322. The van der Waals surface area contributed by atoms with E-state index in [1.165, 1.54) is 21.6 Å². The molecule has 0 aromatic heterocycles. The molecular formula is C40H50ClN7O8. The minimum atomic E-state index is -1.48. The normalized spacial score (nSPS) is 28.0. The predicted molar refractivity (Wildman–Crippen MR) is 206 cm³/mol. The Bertz CT molecular complexity index is 1830. The van der Waals surface area contributed by atoms with E-state index in [2.05, 4.69) is 21.3 Å². The standard InChI is InChI=1S/C40H50ClN7O8/c1-23-19-32-39(54)56-25(3)33(45-34(49)29(20-26-11-5-4-6-12-26)44-40(55)43-28-14-9-13-27(41)21-28)38(53)47-18-10-16-31(47)37(52)46-17-8-7-15-30(46)35(50)42-24(2)36(51)48(32)22-23/h4-6,9,11-14,21,23-25,29-33H,7-8,10,15-20,22H2,1-3H3,(H,42,50)(H,45,49)(H2,43,44,55)/t23-,24+,25+,29+,30+,31+,32+,33?/m1/s1. The largest absolute Gasteiger partial charge is 0.458 e. The van der Waals surface area contributed by atoms with E-state index in [-0.39, 0.29) is 25.4 Å². The molecule has 0 spiro atoms. The van der Waals surface area contributed by atoms with Crippen molar-refractivity contribution < 1.29 is 38.3 Å². The van der Waals surface area contributed by atoms with Gasteiger partial charge in [-0.05, 0) is 82.1 Å². The van der Waals surface area contributed by atoms with Crippen LogP contribution in [0.5, 0.6) is 0 Å². The van der Waals surface area contributed by atoms with Crippen molar-refractivity contribution in [2.45, 2.75) is 108 Å². The van der Waals surface area contributed by atoms with E-state index in [4.69, 9.17) is 16.3 Å². The van der Waals surface area contributed by atoms with Crippen molar-refractivity contribution in [3.8, 4) is 0 Å². The molecular weight excluding hydrogens is 742 g/mol. The molecule has 4 aliphatic rings. The number of nitrogens with one attached hydrogen (secondary N) is 4. The van der Waals surface area contributed by atoms with Gasteiger partial charge in [-0.1, -0.05) is 54.9 Å². The summed E-state index contributed by atoms with van der Waals surface area (Å²) in [5.74, 6) is -3.54. The van der Waals surface area contributed by atoms with Crippen LogP contribution in [-0.4, -0.2) is 118 Å². The number of nitrogens with zero attached hydrogens (tertiary/aromatic N) is 3. The van der Waals surface area contributed by atoms with Crippen LogP contribution in [0.4, 0.5) is 10.5 Å². The van der Waals surface area contributed by atoms with Crippen LogP contribution in [0.2, 0.25) is 5.02 Å². The van der Waals surface area contributed by atoms with Gasteiger partial charge in [0.25, 0.3) is 0 Å². The maximum atomic E-state index is 14.7. The fourth-order valence-corrected chi connectivity index (χ4v) is 8.36. The smallest absolute Gasteiger partial charge is 0.329 e. The van der Waals surface area contributed by atoms with E-state index in [0.29, 0.717) is 55.8 Å². The van der Waals surface area contributed by atoms with E-state index in [9.17, 15) is 33.6 Å². The number of urea groups is 1. The predicted octanol–water partition coefficient (Wildman–Crippen LogP) is 2.62. The number of anilines is 1. The number of benzene rings is 2. The third-order valence-corrected chi connectivity index (χ3v) is 11.3. The first-order chi connectivity index (χ1) is 26.8. The van der Waals surface area contributed by atoms with Gasteiger partial charge in [0, 0.05) is 36.8 Å². The number of hydrogen-bond donors (Lipinski definition) is 4. The summed E-state index contributed by atoms with van der Waals surface area (Å²) in [5, 5.41) is 11.4. The zero-order valence-electron chi connectivity index (χ0n) is 31.9. The first-order valence-corrected chi connectivity index (χ1v) is 19.8. The van der Waals surface area contributed by atoms with Crippen LogP contribution in [0.15, 0.2) is 54.6 Å². The second kappa shape index (κ2) is 17.7. The Kier molecular flexibility index (Phi) is 12.8. The van der Waals surface area contributed by atoms with Crippen molar-refractivity contribution in [2.75, 3.05) is 25.0 Å². The Labute approximate surface area is 331 Å². The Morgan fingerprint density at radius 3 is 2.30 bits per heavy atom. The van der Waals surface area contributed by atoms with Gasteiger partial charge in [0.15, 0.2) is 0 Å². The maximum Gasteiger partial charge on any atom is 0.329 e. The van der Waals surface area contributed by atoms with Crippen LogP contribution in [-0.2, 0) is 39.9 Å². The van der Waals surface area contributed by atoms with E-state index in [1.54, 1.807) is 55.5 Å². The highest BCUT2D eigenvalue weighted by atomic mass is 35.5. The Balaban J connectivity index is 1.32. The number of halogens is 1. The lowest BCUT2D eigenvalue weighted by atomic mass is 9.99. The van der Waals surface area contributed by atoms with Crippen LogP contribution in [0, 0.1) is 5.92 Å². The number of esters is 1. The third kappa shape index (κ3) is 9.26. The van der Waals surface area contributed by atoms with Gasteiger partial charge >= 0.3 is 12.0 Å². The molecule has 4 saturated heterocycles. The summed E-state index contributed by atoms with van der Waals surface area (Å²) in [6.45, 7) is 5.69. The molecule has 56 heavy (non-hydrogen) atoms. The molecule has 4 aliphatic heterocycles. The van der Waals surface area contributed by atoms with E-state index >= 15 is 0 Å². The van der Waals surface area contributed by atoms with Crippen molar-refractivity contribution in [1.29, 1.82) is 0 Å². The van der Waals surface area contributed by atoms with Gasteiger partial charge in [0.2, 0.25) is 29.5 Å². The van der Waals surface area contributed by atoms with Crippen LogP contribution < -0.4 is 21.3 Å². The molecule has 1 unspecified atom stereocenters. The lowest BCUT2D eigenvalue weighted by Crippen LogP contribution is -2.63. The van der Waals surface area contributed by atoms with Crippen molar-refractivity contribution in [1.82, 2.24) is 30.7 Å². The molecule has 0 aliphatic carbocycles. The number of rotatable bonds is 6. The number of carbonyl (C=O) groups is 7. The van der Waals surface area contributed by atoms with Gasteiger partial charge < -0.3 is 40.7 Å². The SMILES string of the molecule is C[C@@H]1C[C@H]2C(=O)O[C@@H](C)C(NC(=O)[C@H](Cc3ccccc3)NC(=O)Nc3cccc(Cl)c3)C(=O)N3CCC[C@H]3C(=O)N3CCCC[C@H]3C(=O)N[C@@H](C)C(=O)N2C1. The van der Waals surface area contributed by atoms with Crippen molar-refractivity contribution in [2.24, 2.45) is 5.92 Å². The molecule has 15 nitrogen and oxygen atoms in total. The number of cyclic esters (lactones) is 1. The second-order valence-electron chi connectivity index (χ2n) is 15.3. The summed E-state index contributed by atoms with van der Waals surface area (Å²) in [6, 6.07) is 8.37. The summed E-state index contributed by atoms with van der Waals surface area (Å²) in [5.41, 5.74) is 1.11. The molecule has 2 aromatic rings. The van der Waals surface area contributed by atoms with Crippen LogP contribution in [0.25, 0.3) is 0 Å². The second-order valence-corrected chi connectivity index (χ2v) is 15.7. The Hall–Kier alpha value is -5.18. The molecule has 7 amide bonds. The molecule has 4 N–H and O–H groups in total. The van der Waals surface area contributed by atoms with E-state index in [0.717, 1.165) is 5.56 Å². The van der Waals surface area contributed by atoms with E-state index in [1.807, 2.05) is 13.0 Å². The third-order valence-electron chi connectivity index (χ3n) is 11.0. The lowest BCUT2D eigenvalue weighted by molar-refractivity contribution is -0.163. The zero-order valence-corrected chi connectivity index (χ0v) is 32.6. The first-order valence-electron chi connectivity index (χ1n) is 19.4. The average molecular weight is 792 g/mol. The average Bonchev–Trinajstić information content (AvgIpc) is 3.83. The summed E-state index contributed by atoms with van der Waals surface area (Å²) >= 11 is 6.11. The number of piperidine rings is 1. The summed E-state index contributed by atoms with van der Waals surface area (Å²) in [6.07, 6.45) is 1.68. The van der Waals surface area contributed by atoms with Gasteiger partial charge in [-0.3, -0.25) is 24.0 Å². The Morgan fingerprint density at radius 1 is 0.839 bits per heavy atom. The molecule has 0 saturated carbocycles. The molecule has 4 fully saturated rings. The molecule has 300 valence electrons. The fourth-order valence-electron chi connectivity index (χ4n) is 8.17. The lowest BCUT2D eigenvalue weighted by Gasteiger charge is -2.39. The number of ether oxygens (including phenoxy) is 1. The highest BCUT2D eigenvalue weighted by Crippen LogP contribution is 2.29. The Morgan fingerprint density at radius 2 is 1.55 bits per heavy atom. The van der Waals surface area contributed by atoms with Crippen LogP contribution >= 0.6 is 11.6 Å². The van der Waals surface area contributed by atoms with Gasteiger partial charge in [-0.15, -0.1) is 0 Å². The molecule has 2 aromatic carbocycles. The van der Waals surface area contributed by atoms with Crippen molar-refractivity contribution in [3.63, 3.8) is 0 Å². The van der Waals surface area contributed by atoms with Gasteiger partial charge in [0.05, 0.1) is 0 Å². The van der Waals surface area contributed by atoms with Gasteiger partial charge in [-0.2, -0.15) is 0 Å². The van der Waals surface area contributed by atoms with Crippen molar-refractivity contribution >= 4 is 58.8 Å². The minimum Gasteiger partial charge on any atom is -0.458 e. The molecule has 6 rings (SSSR count). The summed E-state index contributed by atoms with van der Waals surface area (Å²) in [4.78, 5) is 102. The van der Waals surface area contributed by atoms with Crippen LogP contribution in [0.3, 0.4) is 0 Å². The number of amides is 7.